The Bertz CT molecular complexity index is 2480. The van der Waals surface area contributed by atoms with Crippen LogP contribution >= 0.6 is 17.0 Å². The Kier molecular flexibility index (Phi) is 11.0. The maximum absolute atomic E-state index is 4.93. The van der Waals surface area contributed by atoms with Crippen LogP contribution in [0.1, 0.15) is 63.8 Å². The van der Waals surface area contributed by atoms with Crippen molar-refractivity contribution in [3.63, 3.8) is 0 Å². The van der Waals surface area contributed by atoms with Gasteiger partial charge < -0.3 is 0 Å². The topological polar surface area (TPSA) is 0 Å². The van der Waals surface area contributed by atoms with Gasteiger partial charge in [-0.25, -0.2) is 0 Å². The van der Waals surface area contributed by atoms with Crippen molar-refractivity contribution in [1.29, 1.82) is 0 Å². The van der Waals surface area contributed by atoms with E-state index in [-0.39, 0.29) is 0 Å². The monoisotopic (exact) mass is 802 g/mol. The second-order valence-corrected chi connectivity index (χ2v) is 18.2. The van der Waals surface area contributed by atoms with Gasteiger partial charge in [-0.3, -0.25) is 0 Å². The molecule has 8 aromatic rings. The molecule has 0 aromatic heterocycles. The Morgan fingerprint density at radius 1 is 0.660 bits per heavy atom. The van der Waals surface area contributed by atoms with E-state index in [1.54, 1.807) is 5.56 Å². The van der Waals surface area contributed by atoms with Gasteiger partial charge in [0.25, 0.3) is 0 Å². The van der Waals surface area contributed by atoms with Crippen LogP contribution in [0.5, 0.6) is 0 Å². The van der Waals surface area contributed by atoms with Crippen LogP contribution < -0.4 is 0 Å². The summed E-state index contributed by atoms with van der Waals surface area (Å²) < 4.78 is 0. The van der Waals surface area contributed by atoms with E-state index < -0.39 is 20.8 Å². The van der Waals surface area contributed by atoms with Gasteiger partial charge in [0.2, 0.25) is 0 Å². The van der Waals surface area contributed by atoms with Gasteiger partial charge in [0.1, 0.15) is 0 Å². The van der Waals surface area contributed by atoms with E-state index in [1.807, 2.05) is 0 Å². The second-order valence-electron chi connectivity index (χ2n) is 14.5. The van der Waals surface area contributed by atoms with Crippen LogP contribution in [0, 0.1) is 6.92 Å². The molecule has 0 fully saturated rings. The number of halogens is 2. The molecule has 53 heavy (non-hydrogen) atoms. The fourth-order valence-corrected chi connectivity index (χ4v) is 9.01. The van der Waals surface area contributed by atoms with Crippen molar-refractivity contribution >= 4 is 55.4 Å². The average Bonchev–Trinajstić information content (AvgIpc) is 3.94. The Morgan fingerprint density at radius 2 is 1.25 bits per heavy atom. The summed E-state index contributed by atoms with van der Waals surface area (Å²) in [6, 6.07) is 53.7. The summed E-state index contributed by atoms with van der Waals surface area (Å²) in [4.78, 5) is 0. The van der Waals surface area contributed by atoms with Crippen molar-refractivity contribution in [2.75, 3.05) is 0 Å². The number of rotatable bonds is 6. The predicted octanol–water partition coefficient (Wildman–Crippen LogP) is 14.4. The van der Waals surface area contributed by atoms with E-state index in [9.17, 15) is 0 Å². The van der Waals surface area contributed by atoms with Crippen LogP contribution in [0.4, 0.5) is 0 Å². The predicted molar refractivity (Wildman–Crippen MR) is 226 cm³/mol. The Hall–Kier alpha value is -4.00. The standard InChI is InChI=1S/C25H22.C25H20.2ClH.Zr/c2*1-17-15-19-8-6-7-18(25(19)16-17)13-14-24-22-11-4-2-9-20(22)21-10-3-5-12-23(21)24;;;/h2-12,15,24H,13-14,16H2,1H3;2-12,15-16H,13-14H2,1H3;2*1H;/q;-2;;;+2/p-2. The molecule has 10 rings (SSSR count). The molecule has 2 aliphatic carbocycles. The van der Waals surface area contributed by atoms with Crippen molar-refractivity contribution in [3.05, 3.63) is 196 Å². The quantitative estimate of drug-likeness (QED) is 0.147. The van der Waals surface area contributed by atoms with Gasteiger partial charge >= 0.3 is 37.9 Å². The summed E-state index contributed by atoms with van der Waals surface area (Å²) in [5.74, 6) is 0.527. The van der Waals surface area contributed by atoms with Gasteiger partial charge in [-0.1, -0.05) is 141 Å². The molecule has 0 unspecified atom stereocenters. The second kappa shape index (κ2) is 16.2. The van der Waals surface area contributed by atoms with Crippen molar-refractivity contribution in [2.45, 2.75) is 51.9 Å². The summed E-state index contributed by atoms with van der Waals surface area (Å²) in [7, 11) is 9.87. The van der Waals surface area contributed by atoms with Crippen LogP contribution in [-0.4, -0.2) is 0 Å². The number of benzene rings is 6. The molecule has 2 aliphatic rings. The molecule has 0 spiro atoms. The molecule has 0 saturated heterocycles. The van der Waals surface area contributed by atoms with Gasteiger partial charge in [-0.2, -0.15) is 6.07 Å². The molecular formula is C50H42Cl2Zr-2. The molecule has 0 heterocycles. The summed E-state index contributed by atoms with van der Waals surface area (Å²) >= 11 is -0.826. The third kappa shape index (κ3) is 7.30. The zero-order chi connectivity index (χ0) is 36.3. The normalized spacial score (nSPS) is 12.8. The van der Waals surface area contributed by atoms with E-state index in [4.69, 9.17) is 17.0 Å². The molecule has 8 aromatic carbocycles. The minimum atomic E-state index is -0.826. The zero-order valence-corrected chi connectivity index (χ0v) is 34.3. The van der Waals surface area contributed by atoms with Crippen molar-refractivity contribution in [3.8, 4) is 11.1 Å². The maximum atomic E-state index is 4.93. The molecule has 3 heteroatoms. The third-order valence-electron chi connectivity index (χ3n) is 11.3. The van der Waals surface area contributed by atoms with E-state index in [0.29, 0.717) is 5.92 Å². The van der Waals surface area contributed by atoms with Gasteiger partial charge in [0.15, 0.2) is 0 Å². The molecule has 262 valence electrons. The van der Waals surface area contributed by atoms with Crippen LogP contribution in [0.2, 0.25) is 0 Å². The van der Waals surface area contributed by atoms with Gasteiger partial charge in [0.05, 0.1) is 0 Å². The molecule has 0 saturated carbocycles. The Morgan fingerprint density at radius 3 is 1.92 bits per heavy atom. The summed E-state index contributed by atoms with van der Waals surface area (Å²) in [5, 5.41) is 8.38. The van der Waals surface area contributed by atoms with Gasteiger partial charge in [0, 0.05) is 5.92 Å². The summed E-state index contributed by atoms with van der Waals surface area (Å²) in [5.41, 5.74) is 16.2. The molecular weight excluding hydrogens is 763 g/mol. The van der Waals surface area contributed by atoms with Crippen LogP contribution in [-0.2, 0) is 46.5 Å². The Balaban J connectivity index is 0.000000141. The van der Waals surface area contributed by atoms with Crippen LogP contribution in [0.3, 0.4) is 0 Å². The molecule has 0 aliphatic heterocycles. The number of aryl methyl sites for hydroxylation is 4. The number of fused-ring (bicyclic) bond motifs is 8. The van der Waals surface area contributed by atoms with E-state index in [2.05, 4.69) is 166 Å². The van der Waals surface area contributed by atoms with Crippen molar-refractivity contribution in [1.82, 2.24) is 0 Å². The van der Waals surface area contributed by atoms with Crippen molar-refractivity contribution < 1.29 is 20.8 Å². The SMILES string of the molecule is CC1=Cc2cccc(CCC3c4ccccc4-c4ccccc43)c2C1.Cc1cc2cccc(CC[c-]3c4ccccc4c4ccccc43)c2[cH-]1.[Cl][Zr][Cl]. The first-order chi connectivity index (χ1) is 26.0. The first-order valence-electron chi connectivity index (χ1n) is 18.7. The molecule has 0 bridgehead atoms. The Labute approximate surface area is 332 Å². The van der Waals surface area contributed by atoms with Crippen LogP contribution in [0.15, 0.2) is 151 Å². The minimum absolute atomic E-state index is 0.527. The first kappa shape index (κ1) is 36.0. The van der Waals surface area contributed by atoms with Crippen molar-refractivity contribution in [2.24, 2.45) is 0 Å². The average molecular weight is 805 g/mol. The van der Waals surface area contributed by atoms with Gasteiger partial charge in [-0.05, 0) is 65.1 Å². The fraction of sp³-hybridized carbons (Fsp3) is 0.160. The number of hydrogen-bond donors (Lipinski definition) is 0. The van der Waals surface area contributed by atoms with Gasteiger partial charge in [-0.15, -0.1) is 79.3 Å². The molecule has 0 nitrogen and oxygen atoms in total. The summed E-state index contributed by atoms with van der Waals surface area (Å²) in [6.45, 7) is 4.43. The van der Waals surface area contributed by atoms with Crippen LogP contribution in [0.25, 0.3) is 49.5 Å². The summed E-state index contributed by atoms with van der Waals surface area (Å²) in [6.07, 6.45) is 7.97. The molecule has 0 atom stereocenters. The third-order valence-corrected chi connectivity index (χ3v) is 11.3. The zero-order valence-electron chi connectivity index (χ0n) is 30.3. The van der Waals surface area contributed by atoms with E-state index >= 15 is 0 Å². The number of hydrogen-bond acceptors (Lipinski definition) is 0. The van der Waals surface area contributed by atoms with E-state index in [0.717, 1.165) is 25.7 Å². The molecule has 0 radical (unpaired) electrons. The first-order valence-corrected chi connectivity index (χ1v) is 25.0. The molecule has 0 N–H and O–H groups in total. The number of allylic oxidation sites excluding steroid dienone is 1. The fourth-order valence-electron chi connectivity index (χ4n) is 9.01. The van der Waals surface area contributed by atoms with E-state index in [1.165, 1.54) is 94.4 Å². The molecule has 0 amide bonds.